The van der Waals surface area contributed by atoms with Crippen LogP contribution in [-0.2, 0) is 0 Å². The summed E-state index contributed by atoms with van der Waals surface area (Å²) < 4.78 is 0. The Morgan fingerprint density at radius 1 is 1.22 bits per heavy atom. The van der Waals surface area contributed by atoms with E-state index < -0.39 is 0 Å². The van der Waals surface area contributed by atoms with Gasteiger partial charge in [0, 0.05) is 31.2 Å². The number of hydrogen-bond donors (Lipinski definition) is 1. The molecule has 3 heteroatoms. The molecule has 4 atom stereocenters. The molecule has 0 bridgehead atoms. The summed E-state index contributed by atoms with van der Waals surface area (Å²) in [6.45, 7) is 12.2. The van der Waals surface area contributed by atoms with E-state index in [1.165, 1.54) is 45.4 Å². The van der Waals surface area contributed by atoms with Crippen molar-refractivity contribution >= 4 is 0 Å². The summed E-state index contributed by atoms with van der Waals surface area (Å²) in [5, 5.41) is 3.88. The molecule has 2 saturated heterocycles. The van der Waals surface area contributed by atoms with Crippen molar-refractivity contribution in [3.63, 3.8) is 0 Å². The lowest BCUT2D eigenvalue weighted by atomic mass is 9.89. The highest BCUT2D eigenvalue weighted by Crippen LogP contribution is 2.21. The van der Waals surface area contributed by atoms with Crippen LogP contribution in [0.15, 0.2) is 0 Å². The number of nitrogens with zero attached hydrogens (tertiary/aromatic N) is 2. The van der Waals surface area contributed by atoms with Gasteiger partial charge in [-0.15, -0.1) is 0 Å². The van der Waals surface area contributed by atoms with Gasteiger partial charge in [-0.25, -0.2) is 0 Å². The van der Waals surface area contributed by atoms with E-state index in [1.807, 2.05) is 0 Å². The molecule has 2 rings (SSSR count). The van der Waals surface area contributed by atoms with Crippen LogP contribution in [0.5, 0.6) is 0 Å². The molecule has 0 aromatic heterocycles. The van der Waals surface area contributed by atoms with Gasteiger partial charge < -0.3 is 15.1 Å². The summed E-state index contributed by atoms with van der Waals surface area (Å²) >= 11 is 0. The van der Waals surface area contributed by atoms with E-state index in [4.69, 9.17) is 0 Å². The predicted molar refractivity (Wildman–Crippen MR) is 77.9 cm³/mol. The number of piperidine rings is 1. The molecule has 2 aliphatic heterocycles. The molecule has 3 nitrogen and oxygen atoms in total. The fourth-order valence-corrected chi connectivity index (χ4v) is 3.54. The monoisotopic (exact) mass is 253 g/mol. The first kappa shape index (κ1) is 14.3. The number of likely N-dealkylation sites (tertiary alicyclic amines) is 2. The van der Waals surface area contributed by atoms with Gasteiger partial charge in [0.1, 0.15) is 0 Å². The van der Waals surface area contributed by atoms with E-state index in [0.29, 0.717) is 12.1 Å². The quantitative estimate of drug-likeness (QED) is 0.824. The SMILES string of the molecule is CC(CN1CCCC1)NC1CC(C)N(C)CC1C. The first-order valence-corrected chi connectivity index (χ1v) is 7.75. The fraction of sp³-hybridized carbons (Fsp3) is 1.00. The van der Waals surface area contributed by atoms with Gasteiger partial charge >= 0.3 is 0 Å². The first-order chi connectivity index (χ1) is 8.56. The van der Waals surface area contributed by atoms with Crippen LogP contribution in [-0.4, -0.2) is 61.2 Å². The van der Waals surface area contributed by atoms with Crippen LogP contribution in [0.4, 0.5) is 0 Å². The Hall–Kier alpha value is -0.120. The topological polar surface area (TPSA) is 18.5 Å². The lowest BCUT2D eigenvalue weighted by Gasteiger charge is -2.41. The van der Waals surface area contributed by atoms with Crippen molar-refractivity contribution in [3.8, 4) is 0 Å². The number of rotatable bonds is 4. The van der Waals surface area contributed by atoms with Crippen LogP contribution < -0.4 is 5.32 Å². The maximum Gasteiger partial charge on any atom is 0.0169 e. The predicted octanol–water partition coefficient (Wildman–Crippen LogP) is 1.79. The maximum atomic E-state index is 3.88. The minimum absolute atomic E-state index is 0.631. The smallest absolute Gasteiger partial charge is 0.0169 e. The molecule has 0 amide bonds. The molecule has 0 aliphatic carbocycles. The van der Waals surface area contributed by atoms with Gasteiger partial charge in [0.25, 0.3) is 0 Å². The molecule has 0 aromatic rings. The zero-order chi connectivity index (χ0) is 13.1. The Morgan fingerprint density at radius 3 is 2.56 bits per heavy atom. The third-order valence-corrected chi connectivity index (χ3v) is 4.84. The van der Waals surface area contributed by atoms with Gasteiger partial charge in [0.05, 0.1) is 0 Å². The van der Waals surface area contributed by atoms with Crippen molar-refractivity contribution < 1.29 is 0 Å². The van der Waals surface area contributed by atoms with Crippen molar-refractivity contribution in [2.75, 3.05) is 33.2 Å². The minimum Gasteiger partial charge on any atom is -0.310 e. The van der Waals surface area contributed by atoms with Crippen molar-refractivity contribution in [2.24, 2.45) is 5.92 Å². The number of nitrogens with one attached hydrogen (secondary N) is 1. The lowest BCUT2D eigenvalue weighted by molar-refractivity contribution is 0.113. The average Bonchev–Trinajstić information content (AvgIpc) is 2.78. The van der Waals surface area contributed by atoms with Crippen LogP contribution in [0.1, 0.15) is 40.0 Å². The molecule has 2 fully saturated rings. The van der Waals surface area contributed by atoms with Gasteiger partial charge in [-0.05, 0) is 59.2 Å². The number of hydrogen-bond acceptors (Lipinski definition) is 3. The van der Waals surface area contributed by atoms with Gasteiger partial charge in [0.15, 0.2) is 0 Å². The fourth-order valence-electron chi connectivity index (χ4n) is 3.54. The van der Waals surface area contributed by atoms with Crippen LogP contribution in [0.3, 0.4) is 0 Å². The zero-order valence-corrected chi connectivity index (χ0v) is 12.7. The van der Waals surface area contributed by atoms with Gasteiger partial charge in [-0.3, -0.25) is 0 Å². The first-order valence-electron chi connectivity index (χ1n) is 7.75. The summed E-state index contributed by atoms with van der Waals surface area (Å²) in [6.07, 6.45) is 4.09. The largest absolute Gasteiger partial charge is 0.310 e. The Morgan fingerprint density at radius 2 is 1.89 bits per heavy atom. The maximum absolute atomic E-state index is 3.88. The summed E-state index contributed by atoms with van der Waals surface area (Å²) in [4.78, 5) is 5.11. The molecule has 0 spiro atoms. The van der Waals surface area contributed by atoms with Crippen molar-refractivity contribution in [1.82, 2.24) is 15.1 Å². The second kappa shape index (κ2) is 6.36. The van der Waals surface area contributed by atoms with E-state index in [2.05, 4.69) is 42.9 Å². The Labute approximate surface area is 113 Å². The molecule has 2 heterocycles. The average molecular weight is 253 g/mol. The van der Waals surface area contributed by atoms with Gasteiger partial charge in [-0.1, -0.05) is 6.92 Å². The Kier molecular flexibility index (Phi) is 5.05. The molecule has 1 N–H and O–H groups in total. The molecule has 0 aromatic carbocycles. The van der Waals surface area contributed by atoms with Crippen LogP contribution in [0.2, 0.25) is 0 Å². The summed E-state index contributed by atoms with van der Waals surface area (Å²) in [5.41, 5.74) is 0. The van der Waals surface area contributed by atoms with Gasteiger partial charge in [-0.2, -0.15) is 0 Å². The van der Waals surface area contributed by atoms with E-state index >= 15 is 0 Å². The summed E-state index contributed by atoms with van der Waals surface area (Å²) in [6, 6.07) is 2.05. The van der Waals surface area contributed by atoms with E-state index in [0.717, 1.165) is 12.0 Å². The molecular formula is C15H31N3. The highest BCUT2D eigenvalue weighted by molar-refractivity contribution is 4.88. The lowest BCUT2D eigenvalue weighted by Crippen LogP contribution is -2.54. The van der Waals surface area contributed by atoms with Crippen LogP contribution in [0.25, 0.3) is 0 Å². The zero-order valence-electron chi connectivity index (χ0n) is 12.7. The van der Waals surface area contributed by atoms with E-state index in [1.54, 1.807) is 0 Å². The summed E-state index contributed by atoms with van der Waals surface area (Å²) in [5.74, 6) is 0.771. The second-order valence-electron chi connectivity index (χ2n) is 6.68. The second-order valence-corrected chi connectivity index (χ2v) is 6.68. The highest BCUT2D eigenvalue weighted by atomic mass is 15.2. The van der Waals surface area contributed by atoms with Gasteiger partial charge in [0.2, 0.25) is 0 Å². The highest BCUT2D eigenvalue weighted by Gasteiger charge is 2.29. The Balaban J connectivity index is 1.77. The molecule has 2 aliphatic rings. The molecule has 18 heavy (non-hydrogen) atoms. The molecule has 0 saturated carbocycles. The summed E-state index contributed by atoms with van der Waals surface area (Å²) in [7, 11) is 2.26. The van der Waals surface area contributed by atoms with Crippen molar-refractivity contribution in [3.05, 3.63) is 0 Å². The normalized spacial score (nSPS) is 37.0. The standard InChI is InChI=1S/C15H31N3/c1-12-10-17(4)14(3)9-15(12)16-13(2)11-18-7-5-6-8-18/h12-16H,5-11H2,1-4H3. The third kappa shape index (κ3) is 3.69. The van der Waals surface area contributed by atoms with Crippen molar-refractivity contribution in [2.45, 2.75) is 58.2 Å². The minimum atomic E-state index is 0.631. The van der Waals surface area contributed by atoms with E-state index in [-0.39, 0.29) is 0 Å². The molecule has 106 valence electrons. The van der Waals surface area contributed by atoms with E-state index in [9.17, 15) is 0 Å². The third-order valence-electron chi connectivity index (χ3n) is 4.84. The van der Waals surface area contributed by atoms with Crippen molar-refractivity contribution in [1.29, 1.82) is 0 Å². The molecule has 4 unspecified atom stereocenters. The van der Waals surface area contributed by atoms with Crippen LogP contribution >= 0.6 is 0 Å². The Bertz CT molecular complexity index is 250. The van der Waals surface area contributed by atoms with Crippen LogP contribution in [0, 0.1) is 5.92 Å². The molecular weight excluding hydrogens is 222 g/mol. The molecule has 0 radical (unpaired) electrons.